The predicted octanol–water partition coefficient (Wildman–Crippen LogP) is 1.63. The molecule has 1 aromatic carbocycles. The van der Waals surface area contributed by atoms with Gasteiger partial charge in [0.05, 0.1) is 37.5 Å². The third kappa shape index (κ3) is 4.04. The van der Waals surface area contributed by atoms with Gasteiger partial charge >= 0.3 is 12.0 Å². The van der Waals surface area contributed by atoms with E-state index >= 15 is 4.39 Å². The van der Waals surface area contributed by atoms with Crippen LogP contribution in [0.5, 0.6) is 0 Å². The highest BCUT2D eigenvalue weighted by Crippen LogP contribution is 2.32. The Bertz CT molecular complexity index is 988. The molecule has 2 aromatic rings. The maximum absolute atomic E-state index is 15.1. The first-order valence-electron chi connectivity index (χ1n) is 10.1. The van der Waals surface area contributed by atoms with Gasteiger partial charge in [0.1, 0.15) is 25.5 Å². The molecule has 31 heavy (non-hydrogen) atoms. The summed E-state index contributed by atoms with van der Waals surface area (Å²) in [7, 11) is 0. The van der Waals surface area contributed by atoms with Crippen LogP contribution in [0.4, 0.5) is 20.6 Å². The van der Waals surface area contributed by atoms with Crippen LogP contribution in [0.3, 0.4) is 0 Å². The van der Waals surface area contributed by atoms with Crippen molar-refractivity contribution in [2.45, 2.75) is 13.0 Å². The quantitative estimate of drug-likeness (QED) is 0.698. The van der Waals surface area contributed by atoms with Crippen LogP contribution in [0.15, 0.2) is 41.2 Å². The molecule has 1 aromatic heterocycles. The minimum absolute atomic E-state index is 0.0633. The number of halogens is 1. The number of furan rings is 1. The molecule has 164 valence electrons. The van der Waals surface area contributed by atoms with Crippen LogP contribution in [-0.2, 0) is 9.53 Å². The summed E-state index contributed by atoms with van der Waals surface area (Å²) in [6.45, 7) is 3.92. The fourth-order valence-electron chi connectivity index (χ4n) is 4.05. The summed E-state index contributed by atoms with van der Waals surface area (Å²) in [6, 6.07) is 5.98. The number of carbonyl (C=O) groups is 3. The second-order valence-electron chi connectivity index (χ2n) is 7.66. The number of hydrogen-bond acceptors (Lipinski definition) is 6. The Morgan fingerprint density at radius 1 is 1.29 bits per heavy atom. The van der Waals surface area contributed by atoms with Crippen LogP contribution in [0.25, 0.3) is 0 Å². The zero-order chi connectivity index (χ0) is 22.0. The van der Waals surface area contributed by atoms with E-state index in [1.54, 1.807) is 12.1 Å². The van der Waals surface area contributed by atoms with E-state index in [2.05, 4.69) is 10.6 Å². The monoisotopic (exact) mass is 431 g/mol. The van der Waals surface area contributed by atoms with Crippen LogP contribution < -0.4 is 20.0 Å². The first-order valence-corrected chi connectivity index (χ1v) is 10.1. The van der Waals surface area contributed by atoms with Gasteiger partial charge in [-0.1, -0.05) is 0 Å². The van der Waals surface area contributed by atoms with Gasteiger partial charge in [0, 0.05) is 25.2 Å². The van der Waals surface area contributed by atoms with E-state index in [9.17, 15) is 14.4 Å². The van der Waals surface area contributed by atoms with E-state index in [0.717, 1.165) is 0 Å². The van der Waals surface area contributed by atoms with E-state index in [1.807, 2.05) is 0 Å². The standard InChI is InChI=1S/C21H23FN4O5/c1-14(27)26(7-5-23-6-8-26)19-3-2-16(10-18(19)22)25-12-17(31-21(25)29)11-24-20(28)15-4-9-30-13-15/h2-4,9-10,13,17,23H,5-8,11-12H2,1H3/p+1/t17-/m0/s1. The molecule has 2 aliphatic heterocycles. The van der Waals surface area contributed by atoms with Crippen LogP contribution in [-0.4, -0.2) is 63.3 Å². The molecule has 2 N–H and O–H groups in total. The largest absolute Gasteiger partial charge is 0.472 e. The minimum Gasteiger partial charge on any atom is -0.472 e. The van der Waals surface area contributed by atoms with E-state index < -0.39 is 18.0 Å². The number of rotatable bonds is 5. The van der Waals surface area contributed by atoms with Gasteiger partial charge in [-0.05, 0) is 12.1 Å². The van der Waals surface area contributed by atoms with Crippen LogP contribution >= 0.6 is 0 Å². The lowest BCUT2D eigenvalue weighted by Gasteiger charge is -2.38. The number of ether oxygens (including phenoxy) is 1. The smallest absolute Gasteiger partial charge is 0.414 e. The fourth-order valence-corrected chi connectivity index (χ4v) is 4.05. The Balaban J connectivity index is 1.46. The molecular formula is C21H24FN4O5+. The summed E-state index contributed by atoms with van der Waals surface area (Å²) in [6.07, 6.45) is 1.52. The predicted molar refractivity (Wildman–Crippen MR) is 110 cm³/mol. The van der Waals surface area contributed by atoms with E-state index in [-0.39, 0.29) is 29.4 Å². The van der Waals surface area contributed by atoms with E-state index in [4.69, 9.17) is 9.15 Å². The van der Waals surface area contributed by atoms with Crippen molar-refractivity contribution in [3.05, 3.63) is 48.2 Å². The number of amides is 3. The fraction of sp³-hybridized carbons (Fsp3) is 0.381. The lowest BCUT2D eigenvalue weighted by Crippen LogP contribution is -2.62. The third-order valence-electron chi connectivity index (χ3n) is 5.80. The number of carbonyl (C=O) groups excluding carboxylic acids is 3. The lowest BCUT2D eigenvalue weighted by molar-refractivity contribution is -0.128. The molecule has 2 aliphatic rings. The summed E-state index contributed by atoms with van der Waals surface area (Å²) in [5.74, 6) is -1.01. The SMILES string of the molecule is CC(=O)[N+]1(c2ccc(N3C[C@H](CNC(=O)c4ccoc4)OC3=O)cc2F)CCNCC1. The van der Waals surface area contributed by atoms with Crippen molar-refractivity contribution in [2.75, 3.05) is 44.2 Å². The molecule has 0 saturated carbocycles. The lowest BCUT2D eigenvalue weighted by atomic mass is 10.1. The average molecular weight is 431 g/mol. The van der Waals surface area contributed by atoms with Gasteiger partial charge < -0.3 is 19.8 Å². The molecule has 2 fully saturated rings. The van der Waals surface area contributed by atoms with Gasteiger partial charge in [0.25, 0.3) is 5.91 Å². The van der Waals surface area contributed by atoms with Gasteiger partial charge in [0.15, 0.2) is 11.5 Å². The van der Waals surface area contributed by atoms with Crippen molar-refractivity contribution >= 4 is 29.3 Å². The zero-order valence-corrected chi connectivity index (χ0v) is 17.1. The average Bonchev–Trinajstić information content (AvgIpc) is 3.42. The van der Waals surface area contributed by atoms with Crippen molar-refractivity contribution in [1.29, 1.82) is 0 Å². The topological polar surface area (TPSA) is 101 Å². The number of quaternary nitrogens is 1. The van der Waals surface area contributed by atoms with Crippen LogP contribution in [0, 0.1) is 5.82 Å². The summed E-state index contributed by atoms with van der Waals surface area (Å²) in [4.78, 5) is 38.0. The number of cyclic esters (lactones) is 1. The molecule has 3 amide bonds. The molecule has 9 nitrogen and oxygen atoms in total. The van der Waals surface area contributed by atoms with Crippen molar-refractivity contribution in [3.8, 4) is 0 Å². The van der Waals surface area contributed by atoms with E-state index in [0.29, 0.717) is 43.1 Å². The normalized spacial score (nSPS) is 20.4. The van der Waals surface area contributed by atoms with Crippen LogP contribution in [0.1, 0.15) is 17.3 Å². The summed E-state index contributed by atoms with van der Waals surface area (Å²) >= 11 is 0. The molecule has 3 heterocycles. The van der Waals surface area contributed by atoms with Crippen molar-refractivity contribution < 1.29 is 27.9 Å². The molecule has 0 spiro atoms. The number of anilines is 1. The number of hydrogen-bond donors (Lipinski definition) is 2. The second kappa shape index (κ2) is 8.48. The molecule has 2 saturated heterocycles. The molecule has 4 rings (SSSR count). The minimum atomic E-state index is -0.618. The second-order valence-corrected chi connectivity index (χ2v) is 7.66. The molecule has 0 aliphatic carbocycles. The number of benzene rings is 1. The Hall–Kier alpha value is -3.24. The van der Waals surface area contributed by atoms with Crippen LogP contribution in [0.2, 0.25) is 0 Å². The molecule has 10 heteroatoms. The number of nitrogens with zero attached hydrogens (tertiary/aromatic N) is 2. The Labute approximate surface area is 178 Å². The highest BCUT2D eigenvalue weighted by atomic mass is 19.1. The highest BCUT2D eigenvalue weighted by molar-refractivity contribution is 5.94. The molecule has 0 bridgehead atoms. The van der Waals surface area contributed by atoms with Gasteiger partial charge in [0.2, 0.25) is 0 Å². The van der Waals surface area contributed by atoms with Crippen molar-refractivity contribution in [1.82, 2.24) is 15.1 Å². The summed E-state index contributed by atoms with van der Waals surface area (Å²) in [5.41, 5.74) is 1.01. The maximum Gasteiger partial charge on any atom is 0.414 e. The first-order chi connectivity index (χ1) is 14.9. The maximum atomic E-state index is 15.1. The van der Waals surface area contributed by atoms with E-state index in [1.165, 1.54) is 36.5 Å². The van der Waals surface area contributed by atoms with Crippen molar-refractivity contribution in [2.24, 2.45) is 0 Å². The molecule has 0 radical (unpaired) electrons. The van der Waals surface area contributed by atoms with Gasteiger partial charge in [-0.15, -0.1) is 0 Å². The van der Waals surface area contributed by atoms with Crippen molar-refractivity contribution in [3.63, 3.8) is 0 Å². The Morgan fingerprint density at radius 2 is 2.06 bits per heavy atom. The third-order valence-corrected chi connectivity index (χ3v) is 5.80. The molecule has 0 unspecified atom stereocenters. The zero-order valence-electron chi connectivity index (χ0n) is 17.1. The molecular weight excluding hydrogens is 407 g/mol. The Morgan fingerprint density at radius 3 is 2.71 bits per heavy atom. The summed E-state index contributed by atoms with van der Waals surface area (Å²) < 4.78 is 25.2. The summed E-state index contributed by atoms with van der Waals surface area (Å²) in [5, 5.41) is 5.86. The number of nitrogens with one attached hydrogen (secondary N) is 2. The highest BCUT2D eigenvalue weighted by Gasteiger charge is 2.41. The first kappa shape index (κ1) is 21.0. The number of piperazine rings is 1. The van der Waals surface area contributed by atoms with Gasteiger partial charge in [-0.2, -0.15) is 0 Å². The molecule has 1 atom stereocenters. The van der Waals surface area contributed by atoms with Gasteiger partial charge in [-0.3, -0.25) is 9.69 Å². The Kier molecular flexibility index (Phi) is 5.75. The van der Waals surface area contributed by atoms with Gasteiger partial charge in [-0.25, -0.2) is 18.5 Å².